The molecule has 0 aromatic heterocycles. The van der Waals surface area contributed by atoms with Crippen molar-refractivity contribution >= 4 is 29.9 Å². The van der Waals surface area contributed by atoms with Crippen molar-refractivity contribution in [2.24, 2.45) is 28.0 Å². The molecule has 0 aromatic rings. The van der Waals surface area contributed by atoms with Gasteiger partial charge in [-0.25, -0.2) is 0 Å². The van der Waals surface area contributed by atoms with Gasteiger partial charge in [0.05, 0.1) is 0 Å². The molecule has 2 aliphatic carbocycles. The number of nitrogens with two attached hydrogens (primary N) is 1. The average Bonchev–Trinajstić information content (AvgIpc) is 3.10. The molecule has 4 heteroatoms. The van der Waals surface area contributed by atoms with E-state index in [-0.39, 0.29) is 24.0 Å². The molecule has 0 spiro atoms. The highest BCUT2D eigenvalue weighted by Crippen LogP contribution is 2.39. The first kappa shape index (κ1) is 17.1. The molecule has 0 aromatic carbocycles. The molecule has 0 radical (unpaired) electrons. The second-order valence-corrected chi connectivity index (χ2v) is 7.23. The Balaban J connectivity index is 0.00000180. The first-order valence-electron chi connectivity index (χ1n) is 7.51. The van der Waals surface area contributed by atoms with Crippen molar-refractivity contribution < 1.29 is 0 Å². The van der Waals surface area contributed by atoms with Crippen molar-refractivity contribution in [2.45, 2.75) is 65.3 Å². The van der Waals surface area contributed by atoms with Crippen LogP contribution in [0.5, 0.6) is 0 Å². The lowest BCUT2D eigenvalue weighted by Gasteiger charge is -2.36. The summed E-state index contributed by atoms with van der Waals surface area (Å²) in [5, 5.41) is 3.25. The highest BCUT2D eigenvalue weighted by molar-refractivity contribution is 14.0. The van der Waals surface area contributed by atoms with Crippen molar-refractivity contribution in [3.63, 3.8) is 0 Å². The number of nitrogens with zero attached hydrogens (tertiary/aromatic N) is 1. The standard InChI is InChI=1S/C15H29N3.HI/c1-15(2,3)12-6-4-11(5-7-12)10-17-14(16)18-13-8-9-13;/h11-13H,4-10H2,1-3H3,(H3,16,17,18);1H. The molecule has 0 heterocycles. The van der Waals surface area contributed by atoms with E-state index in [9.17, 15) is 0 Å². The van der Waals surface area contributed by atoms with Gasteiger partial charge in [-0.3, -0.25) is 4.99 Å². The highest BCUT2D eigenvalue weighted by atomic mass is 127. The van der Waals surface area contributed by atoms with Crippen LogP contribution in [0.15, 0.2) is 4.99 Å². The fourth-order valence-corrected chi connectivity index (χ4v) is 2.92. The molecule has 3 nitrogen and oxygen atoms in total. The van der Waals surface area contributed by atoms with E-state index < -0.39 is 0 Å². The molecular formula is C15H30IN3. The largest absolute Gasteiger partial charge is 0.370 e. The number of aliphatic imine (C=N–C) groups is 1. The molecular weight excluding hydrogens is 349 g/mol. The zero-order valence-electron chi connectivity index (χ0n) is 12.6. The SMILES string of the molecule is CC(C)(C)C1CCC(CN=C(N)NC2CC2)CC1.I. The fraction of sp³-hybridized carbons (Fsp3) is 0.933. The topological polar surface area (TPSA) is 50.4 Å². The van der Waals surface area contributed by atoms with Crippen molar-refractivity contribution in [3.05, 3.63) is 0 Å². The van der Waals surface area contributed by atoms with Gasteiger partial charge in [-0.1, -0.05) is 20.8 Å². The van der Waals surface area contributed by atoms with E-state index in [4.69, 9.17) is 5.73 Å². The Bertz CT molecular complexity index is 297. The van der Waals surface area contributed by atoms with Gasteiger partial charge in [0.1, 0.15) is 0 Å². The molecule has 0 bridgehead atoms. The summed E-state index contributed by atoms with van der Waals surface area (Å²) in [5.41, 5.74) is 6.34. The van der Waals surface area contributed by atoms with E-state index in [0.29, 0.717) is 17.4 Å². The van der Waals surface area contributed by atoms with E-state index in [1.54, 1.807) is 0 Å². The third kappa shape index (κ3) is 5.88. The molecule has 0 amide bonds. The number of hydrogen-bond donors (Lipinski definition) is 2. The molecule has 0 saturated heterocycles. The second-order valence-electron chi connectivity index (χ2n) is 7.23. The minimum Gasteiger partial charge on any atom is -0.370 e. The zero-order valence-corrected chi connectivity index (χ0v) is 14.9. The molecule has 0 atom stereocenters. The van der Waals surface area contributed by atoms with Crippen LogP contribution in [0.2, 0.25) is 0 Å². The van der Waals surface area contributed by atoms with Crippen LogP contribution in [0.4, 0.5) is 0 Å². The molecule has 2 fully saturated rings. The first-order valence-corrected chi connectivity index (χ1v) is 7.51. The first-order chi connectivity index (χ1) is 8.45. The number of nitrogens with one attached hydrogen (secondary N) is 1. The maximum atomic E-state index is 5.87. The van der Waals surface area contributed by atoms with Gasteiger partial charge < -0.3 is 11.1 Å². The number of halogens is 1. The summed E-state index contributed by atoms with van der Waals surface area (Å²) in [6.45, 7) is 8.03. The van der Waals surface area contributed by atoms with Crippen LogP contribution in [-0.2, 0) is 0 Å². The summed E-state index contributed by atoms with van der Waals surface area (Å²) in [6, 6.07) is 0.616. The summed E-state index contributed by atoms with van der Waals surface area (Å²) in [6.07, 6.45) is 7.88. The molecule has 0 unspecified atom stereocenters. The smallest absolute Gasteiger partial charge is 0.188 e. The summed E-state index contributed by atoms with van der Waals surface area (Å²) in [4.78, 5) is 4.50. The number of hydrogen-bond acceptors (Lipinski definition) is 1. The van der Waals surface area contributed by atoms with Crippen molar-refractivity contribution in [2.75, 3.05) is 6.54 Å². The minimum atomic E-state index is 0. The Morgan fingerprint density at radius 2 is 1.68 bits per heavy atom. The van der Waals surface area contributed by atoms with Crippen molar-refractivity contribution in [1.82, 2.24) is 5.32 Å². The van der Waals surface area contributed by atoms with Crippen LogP contribution in [0, 0.1) is 17.3 Å². The summed E-state index contributed by atoms with van der Waals surface area (Å²) in [5.74, 6) is 2.30. The van der Waals surface area contributed by atoms with E-state index >= 15 is 0 Å². The van der Waals surface area contributed by atoms with Crippen LogP contribution < -0.4 is 11.1 Å². The maximum Gasteiger partial charge on any atom is 0.188 e. The predicted molar refractivity (Wildman–Crippen MR) is 93.0 cm³/mol. The summed E-state index contributed by atoms with van der Waals surface area (Å²) >= 11 is 0. The Morgan fingerprint density at radius 1 is 1.11 bits per heavy atom. The van der Waals surface area contributed by atoms with Gasteiger partial charge in [0.25, 0.3) is 0 Å². The fourth-order valence-electron chi connectivity index (χ4n) is 2.92. The number of rotatable bonds is 3. The molecule has 112 valence electrons. The van der Waals surface area contributed by atoms with Crippen LogP contribution in [0.3, 0.4) is 0 Å². The van der Waals surface area contributed by atoms with Gasteiger partial charge in [-0.05, 0) is 55.8 Å². The lowest BCUT2D eigenvalue weighted by molar-refractivity contribution is 0.152. The van der Waals surface area contributed by atoms with Crippen LogP contribution >= 0.6 is 24.0 Å². The summed E-state index contributed by atoms with van der Waals surface area (Å²) in [7, 11) is 0. The lowest BCUT2D eigenvalue weighted by Crippen LogP contribution is -2.34. The summed E-state index contributed by atoms with van der Waals surface area (Å²) < 4.78 is 0. The second kappa shape index (κ2) is 7.14. The predicted octanol–water partition coefficient (Wildman–Crippen LogP) is 3.52. The number of guanidine groups is 1. The molecule has 3 N–H and O–H groups in total. The van der Waals surface area contributed by atoms with E-state index in [2.05, 4.69) is 31.1 Å². The molecule has 2 saturated carbocycles. The Hall–Kier alpha value is 0. The highest BCUT2D eigenvalue weighted by Gasteiger charge is 2.29. The van der Waals surface area contributed by atoms with Crippen LogP contribution in [0.1, 0.15) is 59.3 Å². The molecule has 2 aliphatic rings. The quantitative estimate of drug-likeness (QED) is 0.448. The van der Waals surface area contributed by atoms with Crippen molar-refractivity contribution in [3.8, 4) is 0 Å². The van der Waals surface area contributed by atoms with Gasteiger partial charge >= 0.3 is 0 Å². The third-order valence-electron chi connectivity index (χ3n) is 4.52. The van der Waals surface area contributed by atoms with Crippen molar-refractivity contribution in [1.29, 1.82) is 0 Å². The minimum absolute atomic E-state index is 0. The Labute approximate surface area is 135 Å². The van der Waals surface area contributed by atoms with Crippen LogP contribution in [-0.4, -0.2) is 18.5 Å². The van der Waals surface area contributed by atoms with E-state index in [1.807, 2.05) is 0 Å². The van der Waals surface area contributed by atoms with Crippen LogP contribution in [0.25, 0.3) is 0 Å². The lowest BCUT2D eigenvalue weighted by atomic mass is 9.70. The van der Waals surface area contributed by atoms with Gasteiger partial charge in [0.15, 0.2) is 5.96 Å². The monoisotopic (exact) mass is 379 g/mol. The molecule has 2 rings (SSSR count). The average molecular weight is 379 g/mol. The molecule has 19 heavy (non-hydrogen) atoms. The zero-order chi connectivity index (χ0) is 13.2. The van der Waals surface area contributed by atoms with Gasteiger partial charge in [0, 0.05) is 12.6 Å². The van der Waals surface area contributed by atoms with Gasteiger partial charge in [0.2, 0.25) is 0 Å². The van der Waals surface area contributed by atoms with Gasteiger partial charge in [-0.2, -0.15) is 0 Å². The normalized spacial score (nSPS) is 28.7. The van der Waals surface area contributed by atoms with E-state index in [1.165, 1.54) is 38.5 Å². The Kier molecular flexibility index (Phi) is 6.40. The maximum absolute atomic E-state index is 5.87. The third-order valence-corrected chi connectivity index (χ3v) is 4.52. The Morgan fingerprint density at radius 3 is 2.16 bits per heavy atom. The molecule has 0 aliphatic heterocycles. The van der Waals surface area contributed by atoms with E-state index in [0.717, 1.165) is 18.4 Å². The van der Waals surface area contributed by atoms with Gasteiger partial charge in [-0.15, -0.1) is 24.0 Å².